The van der Waals surface area contributed by atoms with E-state index < -0.39 is 10.0 Å². The van der Waals surface area contributed by atoms with Crippen LogP contribution in [-0.4, -0.2) is 34.2 Å². The Bertz CT molecular complexity index is 1020. The Morgan fingerprint density at radius 1 is 1.27 bits per heavy atom. The Morgan fingerprint density at radius 3 is 2.67 bits per heavy atom. The maximum Gasteiger partial charge on any atom is 0.240 e. The van der Waals surface area contributed by atoms with E-state index in [-0.39, 0.29) is 22.4 Å². The molecule has 0 spiro atoms. The molecule has 30 heavy (non-hydrogen) atoms. The van der Waals surface area contributed by atoms with Crippen molar-refractivity contribution in [1.29, 1.82) is 5.26 Å². The smallest absolute Gasteiger partial charge is 0.240 e. The van der Waals surface area contributed by atoms with Crippen LogP contribution in [0.25, 0.3) is 0 Å². The second-order valence-electron chi connectivity index (χ2n) is 7.77. The molecule has 0 unspecified atom stereocenters. The number of nitrogens with one attached hydrogen (secondary N) is 2. The normalized spacial score (nSPS) is 19.4. The molecule has 0 aromatic heterocycles. The summed E-state index contributed by atoms with van der Waals surface area (Å²) in [5.41, 5.74) is 1.42. The van der Waals surface area contributed by atoms with E-state index in [0.717, 1.165) is 19.5 Å². The number of rotatable bonds is 7. The zero-order valence-corrected chi connectivity index (χ0v) is 18.6. The maximum absolute atomic E-state index is 12.4. The van der Waals surface area contributed by atoms with Gasteiger partial charge in [-0.3, -0.25) is 0 Å². The molecule has 0 radical (unpaired) electrons. The molecule has 0 aliphatic carbocycles. The van der Waals surface area contributed by atoms with Crippen LogP contribution in [0.15, 0.2) is 47.4 Å². The molecule has 3 rings (SSSR count). The summed E-state index contributed by atoms with van der Waals surface area (Å²) in [6.07, 6.45) is 0.985. The highest BCUT2D eigenvalue weighted by atomic mass is 35.5. The first-order valence-corrected chi connectivity index (χ1v) is 11.8. The molecule has 6 nitrogen and oxygen atoms in total. The first kappa shape index (κ1) is 22.6. The number of sulfonamides is 1. The van der Waals surface area contributed by atoms with Crippen molar-refractivity contribution in [3.8, 4) is 11.8 Å². The molecule has 1 saturated heterocycles. The third kappa shape index (κ3) is 5.52. The molecule has 0 amide bonds. The molecule has 2 N–H and O–H groups in total. The molecule has 0 bridgehead atoms. The number of nitrogens with zero attached hydrogens (tertiary/aromatic N) is 1. The summed E-state index contributed by atoms with van der Waals surface area (Å²) in [4.78, 5) is 0.0541. The van der Waals surface area contributed by atoms with E-state index in [4.69, 9.17) is 16.3 Å². The first-order valence-electron chi connectivity index (χ1n) is 9.95. The SMILES string of the molecule is CC(C)NS(=O)(=O)c1ccc(OC[C@H]2CNCC[C@@H]2c2ccc(Cl)cc2)c(C#N)c1. The zero-order chi connectivity index (χ0) is 21.7. The summed E-state index contributed by atoms with van der Waals surface area (Å²) in [5, 5.41) is 13.6. The molecular formula is C22H26ClN3O3S. The highest BCUT2D eigenvalue weighted by Gasteiger charge is 2.27. The third-order valence-electron chi connectivity index (χ3n) is 5.13. The lowest BCUT2D eigenvalue weighted by molar-refractivity contribution is 0.196. The van der Waals surface area contributed by atoms with Crippen LogP contribution in [0.5, 0.6) is 5.75 Å². The molecule has 2 aromatic rings. The number of nitriles is 1. The summed E-state index contributed by atoms with van der Waals surface area (Å²) >= 11 is 6.02. The van der Waals surface area contributed by atoms with Gasteiger partial charge < -0.3 is 10.1 Å². The topological polar surface area (TPSA) is 91.2 Å². The number of ether oxygens (including phenoxy) is 1. The van der Waals surface area contributed by atoms with Crippen molar-refractivity contribution in [1.82, 2.24) is 10.0 Å². The monoisotopic (exact) mass is 447 g/mol. The highest BCUT2D eigenvalue weighted by molar-refractivity contribution is 7.89. The quantitative estimate of drug-likeness (QED) is 0.675. The molecule has 0 saturated carbocycles. The Labute approximate surface area is 183 Å². The second-order valence-corrected chi connectivity index (χ2v) is 9.92. The van der Waals surface area contributed by atoms with Gasteiger partial charge in [0.15, 0.2) is 0 Å². The van der Waals surface area contributed by atoms with Crippen LogP contribution < -0.4 is 14.8 Å². The summed E-state index contributed by atoms with van der Waals surface area (Å²) < 4.78 is 33.3. The summed E-state index contributed by atoms with van der Waals surface area (Å²) in [6.45, 7) is 5.65. The van der Waals surface area contributed by atoms with Crippen molar-refractivity contribution in [3.63, 3.8) is 0 Å². The fraction of sp³-hybridized carbons (Fsp3) is 0.409. The number of benzene rings is 2. The molecular weight excluding hydrogens is 422 g/mol. The van der Waals surface area contributed by atoms with Crippen molar-refractivity contribution >= 4 is 21.6 Å². The van der Waals surface area contributed by atoms with Gasteiger partial charge in [-0.1, -0.05) is 23.7 Å². The molecule has 1 aliphatic rings. The second kappa shape index (κ2) is 9.80. The molecule has 2 aromatic carbocycles. The Hall–Kier alpha value is -2.11. The first-order chi connectivity index (χ1) is 14.3. The minimum absolute atomic E-state index is 0.0541. The average Bonchev–Trinajstić information content (AvgIpc) is 2.72. The van der Waals surface area contributed by atoms with Gasteiger partial charge in [-0.25, -0.2) is 13.1 Å². The molecule has 1 fully saturated rings. The van der Waals surface area contributed by atoms with Crippen molar-refractivity contribution in [2.75, 3.05) is 19.7 Å². The summed E-state index contributed by atoms with van der Waals surface area (Å²) in [6, 6.07) is 14.1. The van der Waals surface area contributed by atoms with E-state index in [0.29, 0.717) is 23.3 Å². The molecule has 160 valence electrons. The molecule has 1 aliphatic heterocycles. The maximum atomic E-state index is 12.4. The van der Waals surface area contributed by atoms with Gasteiger partial charge in [-0.2, -0.15) is 5.26 Å². The van der Waals surface area contributed by atoms with Crippen molar-refractivity contribution < 1.29 is 13.2 Å². The lowest BCUT2D eigenvalue weighted by Gasteiger charge is -2.32. The lowest BCUT2D eigenvalue weighted by Crippen LogP contribution is -2.38. The Kier molecular flexibility index (Phi) is 7.37. The van der Waals surface area contributed by atoms with E-state index in [9.17, 15) is 13.7 Å². The van der Waals surface area contributed by atoms with Crippen LogP contribution >= 0.6 is 11.6 Å². The largest absolute Gasteiger partial charge is 0.492 e. The van der Waals surface area contributed by atoms with Crippen molar-refractivity contribution in [2.45, 2.75) is 37.1 Å². The fourth-order valence-electron chi connectivity index (χ4n) is 3.71. The van der Waals surface area contributed by atoms with Gasteiger partial charge in [-0.15, -0.1) is 0 Å². The van der Waals surface area contributed by atoms with E-state index >= 15 is 0 Å². The Balaban J connectivity index is 1.75. The van der Waals surface area contributed by atoms with Crippen LogP contribution in [0.3, 0.4) is 0 Å². The van der Waals surface area contributed by atoms with Crippen molar-refractivity contribution in [2.24, 2.45) is 5.92 Å². The van der Waals surface area contributed by atoms with Gasteiger partial charge in [0.2, 0.25) is 10.0 Å². The van der Waals surface area contributed by atoms with E-state index in [2.05, 4.69) is 16.1 Å². The van der Waals surface area contributed by atoms with Crippen LogP contribution in [-0.2, 0) is 10.0 Å². The predicted molar refractivity (Wildman–Crippen MR) is 117 cm³/mol. The third-order valence-corrected chi connectivity index (χ3v) is 7.04. The van der Waals surface area contributed by atoms with Crippen LogP contribution in [0.1, 0.15) is 37.3 Å². The van der Waals surface area contributed by atoms with Gasteiger partial charge in [0.25, 0.3) is 0 Å². The number of hydrogen-bond acceptors (Lipinski definition) is 5. The van der Waals surface area contributed by atoms with Gasteiger partial charge in [0.05, 0.1) is 17.1 Å². The van der Waals surface area contributed by atoms with E-state index in [1.807, 2.05) is 24.3 Å². The van der Waals surface area contributed by atoms with Crippen LogP contribution in [0.2, 0.25) is 5.02 Å². The number of halogens is 1. The lowest BCUT2D eigenvalue weighted by atomic mass is 9.81. The predicted octanol–water partition coefficient (Wildman–Crippen LogP) is 3.67. The fourth-order valence-corrected chi connectivity index (χ4v) is 5.11. The van der Waals surface area contributed by atoms with Crippen molar-refractivity contribution in [3.05, 3.63) is 58.6 Å². The van der Waals surface area contributed by atoms with Crippen LogP contribution in [0.4, 0.5) is 0 Å². The number of hydrogen-bond donors (Lipinski definition) is 2. The molecule has 2 atom stereocenters. The van der Waals surface area contributed by atoms with Gasteiger partial charge >= 0.3 is 0 Å². The minimum atomic E-state index is -3.67. The highest BCUT2D eigenvalue weighted by Crippen LogP contribution is 2.32. The van der Waals surface area contributed by atoms with Gasteiger partial charge in [0.1, 0.15) is 11.8 Å². The van der Waals surface area contributed by atoms with Gasteiger partial charge in [0, 0.05) is 23.5 Å². The average molecular weight is 448 g/mol. The standard InChI is InChI=1S/C22H26ClN3O3S/c1-15(2)26-30(27,28)20-7-8-22(17(11-20)12-24)29-14-18-13-25-10-9-21(18)16-3-5-19(23)6-4-16/h3-8,11,15,18,21,25-26H,9-10,13-14H2,1-2H3/t18-,21-/m1/s1. The zero-order valence-electron chi connectivity index (χ0n) is 17.1. The van der Waals surface area contributed by atoms with Gasteiger partial charge in [-0.05, 0) is 68.6 Å². The van der Waals surface area contributed by atoms with Crippen LogP contribution in [0, 0.1) is 17.2 Å². The van der Waals surface area contributed by atoms with E-state index in [1.54, 1.807) is 19.9 Å². The van der Waals surface area contributed by atoms with E-state index in [1.165, 1.54) is 17.7 Å². The number of piperidine rings is 1. The molecule has 8 heteroatoms. The molecule has 1 heterocycles. The minimum Gasteiger partial charge on any atom is -0.492 e. The Morgan fingerprint density at radius 2 is 2.00 bits per heavy atom. The summed E-state index contributed by atoms with van der Waals surface area (Å²) in [5.74, 6) is 0.933. The summed E-state index contributed by atoms with van der Waals surface area (Å²) in [7, 11) is -3.67.